The van der Waals surface area contributed by atoms with Gasteiger partial charge >= 0.3 is 0 Å². The van der Waals surface area contributed by atoms with Gasteiger partial charge in [-0.2, -0.15) is 0 Å². The largest absolute Gasteiger partial charge is 0.347 e. The van der Waals surface area contributed by atoms with Crippen LogP contribution in [0, 0.1) is 0 Å². The third kappa shape index (κ3) is 2.05. The Labute approximate surface area is 120 Å². The van der Waals surface area contributed by atoms with Crippen molar-refractivity contribution in [2.75, 3.05) is 6.54 Å². The number of pyridine rings is 2. The summed E-state index contributed by atoms with van der Waals surface area (Å²) in [6, 6.07) is 7.43. The Hall–Kier alpha value is -2.76. The molecule has 104 valence electrons. The van der Waals surface area contributed by atoms with Crippen LogP contribution in [0.1, 0.15) is 21.9 Å². The van der Waals surface area contributed by atoms with Gasteiger partial charge < -0.3 is 9.88 Å². The lowest BCUT2D eigenvalue weighted by Crippen LogP contribution is -2.36. The number of fused-ring (bicyclic) bond motifs is 2. The Morgan fingerprint density at radius 3 is 3.14 bits per heavy atom. The van der Waals surface area contributed by atoms with Crippen molar-refractivity contribution in [3.05, 3.63) is 53.9 Å². The number of nitrogens with zero attached hydrogens (tertiary/aromatic N) is 4. The van der Waals surface area contributed by atoms with Crippen molar-refractivity contribution >= 4 is 16.9 Å². The van der Waals surface area contributed by atoms with E-state index in [1.54, 1.807) is 23.5 Å². The van der Waals surface area contributed by atoms with E-state index >= 15 is 0 Å². The molecule has 0 atom stereocenters. The molecule has 1 aliphatic rings. The van der Waals surface area contributed by atoms with Gasteiger partial charge in [0, 0.05) is 24.5 Å². The Bertz CT molecular complexity index is 826. The Morgan fingerprint density at radius 1 is 1.24 bits per heavy atom. The van der Waals surface area contributed by atoms with E-state index in [-0.39, 0.29) is 5.91 Å². The molecular formula is C15H13N5O. The van der Waals surface area contributed by atoms with Gasteiger partial charge in [0.2, 0.25) is 0 Å². The molecule has 3 aromatic heterocycles. The maximum absolute atomic E-state index is 12.6. The first kappa shape index (κ1) is 12.0. The number of carbonyl (C=O) groups is 1. The second kappa shape index (κ2) is 4.66. The van der Waals surface area contributed by atoms with Crippen LogP contribution in [0.3, 0.4) is 0 Å². The van der Waals surface area contributed by atoms with Gasteiger partial charge in [-0.1, -0.05) is 0 Å². The van der Waals surface area contributed by atoms with E-state index in [0.717, 1.165) is 23.2 Å². The molecule has 21 heavy (non-hydrogen) atoms. The highest BCUT2D eigenvalue weighted by Crippen LogP contribution is 2.17. The second-order valence-electron chi connectivity index (χ2n) is 5.05. The number of H-pyrrole nitrogens is 1. The fourth-order valence-electron chi connectivity index (χ4n) is 2.62. The lowest BCUT2D eigenvalue weighted by atomic mass is 10.1. The van der Waals surface area contributed by atoms with E-state index < -0.39 is 0 Å². The molecule has 0 aliphatic carbocycles. The minimum atomic E-state index is -0.0668. The van der Waals surface area contributed by atoms with E-state index in [1.807, 2.05) is 18.2 Å². The molecule has 3 aromatic rings. The number of aromatic nitrogens is 4. The third-order valence-electron chi connectivity index (χ3n) is 3.75. The van der Waals surface area contributed by atoms with Crippen LogP contribution < -0.4 is 0 Å². The maximum atomic E-state index is 12.6. The molecule has 1 amide bonds. The van der Waals surface area contributed by atoms with Crippen LogP contribution in [0.2, 0.25) is 0 Å². The Morgan fingerprint density at radius 2 is 2.19 bits per heavy atom. The predicted molar refractivity (Wildman–Crippen MR) is 76.6 cm³/mol. The quantitative estimate of drug-likeness (QED) is 0.733. The highest BCUT2D eigenvalue weighted by molar-refractivity contribution is 5.94. The molecule has 0 aromatic carbocycles. The van der Waals surface area contributed by atoms with Crippen LogP contribution in [-0.4, -0.2) is 37.3 Å². The lowest BCUT2D eigenvalue weighted by molar-refractivity contribution is 0.0726. The first-order valence-electron chi connectivity index (χ1n) is 6.83. The number of nitrogens with one attached hydrogen (secondary N) is 1. The van der Waals surface area contributed by atoms with Gasteiger partial charge in [-0.15, -0.1) is 0 Å². The number of hydrogen-bond acceptors (Lipinski definition) is 4. The summed E-state index contributed by atoms with van der Waals surface area (Å²) in [5.74, 6) is -0.0668. The summed E-state index contributed by atoms with van der Waals surface area (Å²) in [6.07, 6.45) is 4.13. The van der Waals surface area contributed by atoms with Crippen LogP contribution in [0.15, 0.2) is 36.8 Å². The minimum Gasteiger partial charge on any atom is -0.347 e. The lowest BCUT2D eigenvalue weighted by Gasteiger charge is -2.25. The van der Waals surface area contributed by atoms with Crippen molar-refractivity contribution in [2.24, 2.45) is 0 Å². The number of amides is 1. The van der Waals surface area contributed by atoms with Gasteiger partial charge in [0.1, 0.15) is 5.69 Å². The smallest absolute Gasteiger partial charge is 0.272 e. The van der Waals surface area contributed by atoms with Crippen LogP contribution in [-0.2, 0) is 13.0 Å². The second-order valence-corrected chi connectivity index (χ2v) is 5.05. The van der Waals surface area contributed by atoms with E-state index in [4.69, 9.17) is 0 Å². The van der Waals surface area contributed by atoms with Crippen molar-refractivity contribution in [1.82, 2.24) is 24.8 Å². The fourth-order valence-corrected chi connectivity index (χ4v) is 2.62. The summed E-state index contributed by atoms with van der Waals surface area (Å²) in [6.45, 7) is 1.22. The molecule has 0 unspecified atom stereocenters. The molecule has 0 spiro atoms. The van der Waals surface area contributed by atoms with Crippen molar-refractivity contribution in [3.63, 3.8) is 0 Å². The van der Waals surface area contributed by atoms with Crippen molar-refractivity contribution in [2.45, 2.75) is 13.0 Å². The number of hydrogen-bond donors (Lipinski definition) is 1. The average molecular weight is 279 g/mol. The van der Waals surface area contributed by atoms with Crippen molar-refractivity contribution in [1.29, 1.82) is 0 Å². The summed E-state index contributed by atoms with van der Waals surface area (Å²) in [4.78, 5) is 30.3. The third-order valence-corrected chi connectivity index (χ3v) is 3.75. The predicted octanol–water partition coefficient (Wildman–Crippen LogP) is 1.55. The zero-order valence-corrected chi connectivity index (χ0v) is 11.3. The molecule has 6 nitrogen and oxygen atoms in total. The van der Waals surface area contributed by atoms with Crippen LogP contribution >= 0.6 is 0 Å². The minimum absolute atomic E-state index is 0.0668. The van der Waals surface area contributed by atoms with E-state index in [2.05, 4.69) is 19.9 Å². The number of carbonyl (C=O) groups excluding carboxylic acids is 1. The van der Waals surface area contributed by atoms with E-state index in [0.29, 0.717) is 24.4 Å². The molecule has 4 heterocycles. The summed E-state index contributed by atoms with van der Waals surface area (Å²) >= 11 is 0. The Kier molecular flexibility index (Phi) is 2.67. The topological polar surface area (TPSA) is 74.8 Å². The number of imidazole rings is 1. The molecule has 0 bridgehead atoms. The molecule has 0 saturated heterocycles. The Balaban J connectivity index is 1.64. The molecule has 0 fully saturated rings. The highest BCUT2D eigenvalue weighted by Gasteiger charge is 2.24. The number of aromatic amines is 1. The summed E-state index contributed by atoms with van der Waals surface area (Å²) in [5.41, 5.74) is 3.09. The van der Waals surface area contributed by atoms with Crippen LogP contribution in [0.5, 0.6) is 0 Å². The molecule has 4 rings (SSSR count). The zero-order valence-electron chi connectivity index (χ0n) is 11.3. The van der Waals surface area contributed by atoms with Gasteiger partial charge in [0.05, 0.1) is 24.3 Å². The van der Waals surface area contributed by atoms with Gasteiger partial charge in [0.25, 0.3) is 5.91 Å². The van der Waals surface area contributed by atoms with Crippen LogP contribution in [0.4, 0.5) is 0 Å². The molecule has 0 saturated carbocycles. The fraction of sp³-hybridized carbons (Fsp3) is 0.200. The van der Waals surface area contributed by atoms with Gasteiger partial charge in [-0.25, -0.2) is 15.0 Å². The first-order valence-corrected chi connectivity index (χ1v) is 6.83. The van der Waals surface area contributed by atoms with Crippen molar-refractivity contribution in [3.8, 4) is 0 Å². The van der Waals surface area contributed by atoms with Gasteiger partial charge in [-0.05, 0) is 24.3 Å². The standard InChI is InChI=1S/C15H13N5O/c21-15(20-7-5-11-13(8-20)18-9-17-11)12-4-3-10-2-1-6-16-14(10)19-12/h1-4,6,9H,5,7-8H2,(H,17,18). The van der Waals surface area contributed by atoms with Gasteiger partial charge in [-0.3, -0.25) is 4.79 Å². The highest BCUT2D eigenvalue weighted by atomic mass is 16.2. The summed E-state index contributed by atoms with van der Waals surface area (Å²) < 4.78 is 0. The molecular weight excluding hydrogens is 266 g/mol. The molecule has 1 aliphatic heterocycles. The number of rotatable bonds is 1. The maximum Gasteiger partial charge on any atom is 0.272 e. The van der Waals surface area contributed by atoms with E-state index in [9.17, 15) is 4.79 Å². The SMILES string of the molecule is O=C(c1ccc2cccnc2n1)N1CCc2nc[nH]c2C1. The van der Waals surface area contributed by atoms with Crippen LogP contribution in [0.25, 0.3) is 11.0 Å². The molecule has 1 N–H and O–H groups in total. The normalized spacial score (nSPS) is 14.2. The summed E-state index contributed by atoms with van der Waals surface area (Å²) in [7, 11) is 0. The monoisotopic (exact) mass is 279 g/mol. The van der Waals surface area contributed by atoms with Gasteiger partial charge in [0.15, 0.2) is 5.65 Å². The molecule has 0 radical (unpaired) electrons. The van der Waals surface area contributed by atoms with Crippen molar-refractivity contribution < 1.29 is 4.79 Å². The first-order chi connectivity index (χ1) is 10.3. The summed E-state index contributed by atoms with van der Waals surface area (Å²) in [5, 5.41) is 0.934. The van der Waals surface area contributed by atoms with E-state index in [1.165, 1.54) is 0 Å². The average Bonchev–Trinajstić information content (AvgIpc) is 3.01. The molecule has 6 heteroatoms. The zero-order chi connectivity index (χ0) is 14.2.